The lowest BCUT2D eigenvalue weighted by atomic mass is 10.2. The molecule has 0 aliphatic rings. The van der Waals surface area contributed by atoms with Crippen LogP contribution in [0.3, 0.4) is 0 Å². The Labute approximate surface area is 152 Å². The number of thiazole rings is 1. The zero-order valence-corrected chi connectivity index (χ0v) is 15.3. The number of aldehydes is 1. The van der Waals surface area contributed by atoms with E-state index >= 15 is 0 Å². The molecule has 0 radical (unpaired) electrons. The van der Waals surface area contributed by atoms with E-state index in [1.54, 1.807) is 13.8 Å². The maximum atomic E-state index is 11.8. The minimum atomic E-state index is -0.429. The van der Waals surface area contributed by atoms with Gasteiger partial charge in [-0.15, -0.1) is 0 Å². The summed E-state index contributed by atoms with van der Waals surface area (Å²) in [5.41, 5.74) is 1.05. The first kappa shape index (κ1) is 18.6. The molecule has 0 aromatic carbocycles. The average Bonchev–Trinajstić information content (AvgIpc) is 2.87. The molecule has 10 heteroatoms. The Morgan fingerprint density at radius 1 is 1.29 bits per heavy atom. The molecule has 0 bridgehead atoms. The molecule has 2 aromatic rings. The second-order valence-corrected chi connectivity index (χ2v) is 6.31. The fraction of sp³-hybridized carbons (Fsp3) is 0.357. The second-order valence-electron chi connectivity index (χ2n) is 4.59. The van der Waals surface area contributed by atoms with Crippen LogP contribution < -0.4 is 5.32 Å². The third-order valence-corrected chi connectivity index (χ3v) is 4.57. The van der Waals surface area contributed by atoms with E-state index in [0.29, 0.717) is 27.7 Å². The van der Waals surface area contributed by atoms with E-state index < -0.39 is 5.97 Å². The number of nitrogens with zero attached hydrogens (tertiary/aromatic N) is 3. The molecule has 2 aromatic heterocycles. The molecule has 0 saturated heterocycles. The van der Waals surface area contributed by atoms with Crippen molar-refractivity contribution in [3.05, 3.63) is 26.4 Å². The lowest BCUT2D eigenvalue weighted by Crippen LogP contribution is -2.03. The van der Waals surface area contributed by atoms with Gasteiger partial charge in [-0.3, -0.25) is 5.32 Å². The van der Waals surface area contributed by atoms with E-state index in [9.17, 15) is 9.59 Å². The number of hydrogen-bond acceptors (Lipinski definition) is 8. The van der Waals surface area contributed by atoms with Crippen molar-refractivity contribution in [2.75, 3.05) is 11.9 Å². The molecular formula is C14H14Cl2N4O3S. The number of rotatable bonds is 7. The van der Waals surface area contributed by atoms with Gasteiger partial charge in [0.1, 0.15) is 21.5 Å². The van der Waals surface area contributed by atoms with Gasteiger partial charge in [0.2, 0.25) is 5.95 Å². The summed E-state index contributed by atoms with van der Waals surface area (Å²) in [5.74, 6) is -0.272. The molecule has 0 fully saturated rings. The SMILES string of the molecule is CCOC(=O)c1sc(Nc2nc(Cl)c(CCC=O)c(Cl)n2)nc1C. The molecule has 128 valence electrons. The Morgan fingerprint density at radius 2 is 1.96 bits per heavy atom. The Kier molecular flexibility index (Phi) is 6.47. The fourth-order valence-electron chi connectivity index (χ4n) is 1.83. The lowest BCUT2D eigenvalue weighted by molar-refractivity contribution is -0.107. The Morgan fingerprint density at radius 3 is 2.54 bits per heavy atom. The van der Waals surface area contributed by atoms with E-state index in [-0.39, 0.29) is 29.3 Å². The Balaban J connectivity index is 2.21. The van der Waals surface area contributed by atoms with Gasteiger partial charge in [-0.25, -0.2) is 19.7 Å². The highest BCUT2D eigenvalue weighted by molar-refractivity contribution is 7.17. The quantitative estimate of drug-likeness (QED) is 0.439. The van der Waals surface area contributed by atoms with Crippen molar-refractivity contribution in [1.29, 1.82) is 0 Å². The summed E-state index contributed by atoms with van der Waals surface area (Å²) < 4.78 is 4.97. The monoisotopic (exact) mass is 388 g/mol. The second kappa shape index (κ2) is 8.36. The highest BCUT2D eigenvalue weighted by Crippen LogP contribution is 2.28. The van der Waals surface area contributed by atoms with Crippen LogP contribution in [0.1, 0.15) is 34.3 Å². The molecule has 0 unspecified atom stereocenters. The summed E-state index contributed by atoms with van der Waals surface area (Å²) in [6.45, 7) is 3.73. The highest BCUT2D eigenvalue weighted by Gasteiger charge is 2.18. The van der Waals surface area contributed by atoms with Crippen molar-refractivity contribution < 1.29 is 14.3 Å². The summed E-state index contributed by atoms with van der Waals surface area (Å²) in [6.07, 6.45) is 1.42. The summed E-state index contributed by atoms with van der Waals surface area (Å²) in [5, 5.41) is 3.62. The number of halogens is 2. The summed E-state index contributed by atoms with van der Waals surface area (Å²) in [7, 11) is 0. The number of esters is 1. The predicted molar refractivity (Wildman–Crippen MR) is 92.5 cm³/mol. The standard InChI is InChI=1S/C14H14Cl2N4O3S/c1-3-23-12(22)9-7(2)17-14(24-9)20-13-18-10(15)8(5-4-6-21)11(16)19-13/h6H,3-5H2,1-2H3,(H,17,18,19,20). The van der Waals surface area contributed by atoms with Gasteiger partial charge in [0.25, 0.3) is 0 Å². The van der Waals surface area contributed by atoms with Gasteiger partial charge in [0, 0.05) is 12.0 Å². The van der Waals surface area contributed by atoms with Crippen LogP contribution in [0.2, 0.25) is 10.3 Å². The van der Waals surface area contributed by atoms with Gasteiger partial charge >= 0.3 is 5.97 Å². The zero-order chi connectivity index (χ0) is 17.7. The van der Waals surface area contributed by atoms with Crippen LogP contribution in [0.15, 0.2) is 0 Å². The van der Waals surface area contributed by atoms with Crippen LogP contribution in [0.25, 0.3) is 0 Å². The minimum Gasteiger partial charge on any atom is -0.462 e. The van der Waals surface area contributed by atoms with Gasteiger partial charge in [-0.05, 0) is 20.3 Å². The maximum Gasteiger partial charge on any atom is 0.350 e. The number of aromatic nitrogens is 3. The number of ether oxygens (including phenoxy) is 1. The number of aryl methyl sites for hydroxylation is 1. The molecular weight excluding hydrogens is 375 g/mol. The molecule has 0 aliphatic heterocycles. The number of carbonyl (C=O) groups excluding carboxylic acids is 2. The normalized spacial score (nSPS) is 10.5. The van der Waals surface area contributed by atoms with Crippen LogP contribution in [0.5, 0.6) is 0 Å². The summed E-state index contributed by atoms with van der Waals surface area (Å²) in [4.78, 5) is 35.1. The smallest absolute Gasteiger partial charge is 0.350 e. The van der Waals surface area contributed by atoms with Crippen LogP contribution >= 0.6 is 34.5 Å². The van der Waals surface area contributed by atoms with Gasteiger partial charge in [0.05, 0.1) is 12.3 Å². The number of hydrogen-bond donors (Lipinski definition) is 1. The van der Waals surface area contributed by atoms with E-state index in [1.807, 2.05) is 0 Å². The maximum absolute atomic E-state index is 11.8. The molecule has 0 amide bonds. The Bertz CT molecular complexity index is 743. The van der Waals surface area contributed by atoms with Gasteiger partial charge in [0.15, 0.2) is 5.13 Å². The van der Waals surface area contributed by atoms with E-state index in [0.717, 1.165) is 17.6 Å². The van der Waals surface area contributed by atoms with Gasteiger partial charge in [-0.1, -0.05) is 34.5 Å². The zero-order valence-electron chi connectivity index (χ0n) is 12.9. The third-order valence-electron chi connectivity index (χ3n) is 2.89. The molecule has 0 spiro atoms. The first-order chi connectivity index (χ1) is 11.5. The number of anilines is 2. The molecule has 2 heterocycles. The van der Waals surface area contributed by atoms with Gasteiger partial charge in [-0.2, -0.15) is 0 Å². The molecule has 1 N–H and O–H groups in total. The molecule has 0 aliphatic carbocycles. The van der Waals surface area contributed by atoms with Gasteiger partial charge < -0.3 is 9.53 Å². The Hall–Kier alpha value is -1.77. The van der Waals surface area contributed by atoms with Crippen molar-refractivity contribution >= 4 is 57.9 Å². The largest absolute Gasteiger partial charge is 0.462 e. The lowest BCUT2D eigenvalue weighted by Gasteiger charge is -2.07. The van der Waals surface area contributed by atoms with Crippen molar-refractivity contribution in [2.24, 2.45) is 0 Å². The van der Waals surface area contributed by atoms with Crippen LogP contribution in [0, 0.1) is 6.92 Å². The highest BCUT2D eigenvalue weighted by atomic mass is 35.5. The molecule has 7 nitrogen and oxygen atoms in total. The first-order valence-electron chi connectivity index (χ1n) is 7.03. The average molecular weight is 389 g/mol. The molecule has 24 heavy (non-hydrogen) atoms. The third kappa shape index (κ3) is 4.40. The summed E-state index contributed by atoms with van der Waals surface area (Å²) >= 11 is 13.3. The first-order valence-corrected chi connectivity index (χ1v) is 8.60. The minimum absolute atomic E-state index is 0.156. The fourth-order valence-corrected chi connectivity index (χ4v) is 3.26. The van der Waals surface area contributed by atoms with Crippen LogP contribution in [-0.4, -0.2) is 33.8 Å². The predicted octanol–water partition coefficient (Wildman–Crippen LogP) is 3.60. The number of carbonyl (C=O) groups is 2. The van der Waals surface area contributed by atoms with E-state index in [2.05, 4.69) is 20.3 Å². The van der Waals surface area contributed by atoms with Crippen LogP contribution in [0.4, 0.5) is 11.1 Å². The summed E-state index contributed by atoms with van der Waals surface area (Å²) in [6, 6.07) is 0. The van der Waals surface area contributed by atoms with E-state index in [1.165, 1.54) is 0 Å². The van der Waals surface area contributed by atoms with Crippen LogP contribution in [-0.2, 0) is 16.0 Å². The number of nitrogens with one attached hydrogen (secondary N) is 1. The van der Waals surface area contributed by atoms with Crippen molar-refractivity contribution in [3.8, 4) is 0 Å². The van der Waals surface area contributed by atoms with Crippen molar-refractivity contribution in [2.45, 2.75) is 26.7 Å². The molecule has 0 saturated carbocycles. The molecule has 2 rings (SSSR count). The topological polar surface area (TPSA) is 94.1 Å². The van der Waals surface area contributed by atoms with E-state index in [4.69, 9.17) is 27.9 Å². The van der Waals surface area contributed by atoms with Crippen molar-refractivity contribution in [1.82, 2.24) is 15.0 Å². The van der Waals surface area contributed by atoms with Crippen molar-refractivity contribution in [3.63, 3.8) is 0 Å². The molecule has 0 atom stereocenters.